The van der Waals surface area contributed by atoms with Gasteiger partial charge in [-0.05, 0) is 56.9 Å². The Morgan fingerprint density at radius 2 is 1.50 bits per heavy atom. The molecule has 0 aliphatic rings. The molecule has 0 aliphatic carbocycles. The van der Waals surface area contributed by atoms with E-state index in [4.69, 9.17) is 23.2 Å². The molecule has 0 fully saturated rings. The van der Waals surface area contributed by atoms with Crippen molar-refractivity contribution in [3.05, 3.63) is 70.5 Å². The maximum Gasteiger partial charge on any atom is 0.217 e. The van der Waals surface area contributed by atoms with Crippen molar-refractivity contribution in [1.29, 1.82) is 0 Å². The number of aldehydes is 1. The van der Waals surface area contributed by atoms with E-state index in [1.54, 1.807) is 18.2 Å². The van der Waals surface area contributed by atoms with E-state index in [1.165, 1.54) is 36.7 Å². The van der Waals surface area contributed by atoms with E-state index in [-0.39, 0.29) is 5.82 Å². The van der Waals surface area contributed by atoms with E-state index >= 15 is 0 Å². The predicted octanol–water partition coefficient (Wildman–Crippen LogP) is 8.76. The average Bonchev–Trinajstić information content (AvgIpc) is 3.33. The number of hydrogen-bond acceptors (Lipinski definition) is 5. The van der Waals surface area contributed by atoms with Crippen molar-refractivity contribution >= 4 is 35.1 Å². The van der Waals surface area contributed by atoms with Crippen LogP contribution < -0.4 is 0 Å². The second-order valence-electron chi connectivity index (χ2n) is 8.50. The lowest BCUT2D eigenvalue weighted by atomic mass is 10.00. The van der Waals surface area contributed by atoms with E-state index in [1.807, 2.05) is 50.2 Å². The third kappa shape index (κ3) is 10.2. The number of unbranched alkanes of at least 4 members (excludes halogenated alkanes) is 2. The fraction of sp³-hybridized carbons (Fsp3) is 0.400. The van der Waals surface area contributed by atoms with Gasteiger partial charge in [0.1, 0.15) is 5.69 Å². The zero-order valence-corrected chi connectivity index (χ0v) is 25.2. The molecule has 4 rings (SSSR count). The first-order chi connectivity index (χ1) is 18.4. The van der Waals surface area contributed by atoms with Crippen LogP contribution in [0.25, 0.3) is 28.0 Å². The zero-order valence-electron chi connectivity index (χ0n) is 23.7. The number of carbonyl (C=O) groups is 1. The van der Waals surface area contributed by atoms with Crippen LogP contribution in [0, 0.1) is 0 Å². The monoisotopic (exact) mass is 557 g/mol. The quantitative estimate of drug-likeness (QED) is 0.212. The molecule has 0 atom stereocenters. The number of fused-ring (bicyclic) bond motifs is 1. The first-order valence-electron chi connectivity index (χ1n) is 13.2. The van der Waals surface area contributed by atoms with Gasteiger partial charge in [-0.1, -0.05) is 107 Å². The van der Waals surface area contributed by atoms with Crippen molar-refractivity contribution in [2.45, 2.75) is 60.3 Å². The van der Waals surface area contributed by atoms with Gasteiger partial charge in [0.2, 0.25) is 5.82 Å². The van der Waals surface area contributed by atoms with Crippen LogP contribution in [0.4, 0.5) is 0 Å². The Bertz CT molecular complexity index is 1220. The summed E-state index contributed by atoms with van der Waals surface area (Å²) in [6.07, 6.45) is 5.95. The lowest BCUT2D eigenvalue weighted by Gasteiger charge is -2.11. The Balaban J connectivity index is 0.000000467. The van der Waals surface area contributed by atoms with Crippen molar-refractivity contribution in [3.63, 3.8) is 0 Å². The molecule has 0 N–H and O–H groups in total. The molecule has 2 aromatic heterocycles. The number of halogens is 2. The van der Waals surface area contributed by atoms with Crippen LogP contribution in [0.5, 0.6) is 0 Å². The minimum atomic E-state index is 0.131. The van der Waals surface area contributed by atoms with Crippen LogP contribution in [0.3, 0.4) is 0 Å². The standard InChI is InChI=1S/C18H10Cl2N4O.C5H13N.C5H12.C2H6/c19-12-7-5-11(6-8-12)14-9-16-21-22-17(10-25)24(16)23-18(14)13-3-1-2-4-15(13)20;1-4-5-6(2)3;1-3-5-4-2;1-2/h1-10H;4-5H2,1-3H3;3-5H2,1-2H3;1-2H3. The minimum Gasteiger partial charge on any atom is -0.309 e. The Morgan fingerprint density at radius 3 is 1.97 bits per heavy atom. The molecule has 0 amide bonds. The zero-order chi connectivity index (χ0) is 28.5. The Labute approximate surface area is 238 Å². The Kier molecular flexibility index (Phi) is 16.1. The lowest BCUT2D eigenvalue weighted by molar-refractivity contribution is 0.111. The lowest BCUT2D eigenvalue weighted by Crippen LogP contribution is -2.11. The van der Waals surface area contributed by atoms with Gasteiger partial charge in [0.15, 0.2) is 11.9 Å². The predicted molar refractivity (Wildman–Crippen MR) is 162 cm³/mol. The third-order valence-electron chi connectivity index (χ3n) is 5.19. The topological polar surface area (TPSA) is 63.4 Å². The van der Waals surface area contributed by atoms with Gasteiger partial charge >= 0.3 is 0 Å². The van der Waals surface area contributed by atoms with Gasteiger partial charge in [-0.15, -0.1) is 10.2 Å². The largest absolute Gasteiger partial charge is 0.309 e. The number of nitrogens with zero attached hydrogens (tertiary/aromatic N) is 5. The summed E-state index contributed by atoms with van der Waals surface area (Å²) in [6, 6.07) is 16.6. The van der Waals surface area contributed by atoms with Gasteiger partial charge in [-0.25, -0.2) is 0 Å². The van der Waals surface area contributed by atoms with Gasteiger partial charge in [-0.2, -0.15) is 9.61 Å². The maximum atomic E-state index is 11.2. The SMILES string of the molecule is CC.CCCCC.CCCN(C)C.O=Cc1nnc2cc(-c3ccc(Cl)cc3)c(-c3ccccc3Cl)nn12. The van der Waals surface area contributed by atoms with Crippen LogP contribution >= 0.6 is 23.2 Å². The second kappa shape index (κ2) is 18.5. The number of hydrogen-bond donors (Lipinski definition) is 0. The summed E-state index contributed by atoms with van der Waals surface area (Å²) >= 11 is 12.4. The van der Waals surface area contributed by atoms with E-state index in [0.29, 0.717) is 27.7 Å². The van der Waals surface area contributed by atoms with Crippen LogP contribution in [-0.4, -0.2) is 51.6 Å². The molecule has 8 heteroatoms. The smallest absolute Gasteiger partial charge is 0.217 e. The molecule has 6 nitrogen and oxygen atoms in total. The van der Waals surface area contributed by atoms with Gasteiger partial charge in [0.05, 0.1) is 5.02 Å². The molecule has 0 saturated heterocycles. The Hall–Kier alpha value is -2.80. The highest BCUT2D eigenvalue weighted by atomic mass is 35.5. The molecular weight excluding hydrogens is 517 g/mol. The molecule has 0 spiro atoms. The fourth-order valence-electron chi connectivity index (χ4n) is 3.42. The van der Waals surface area contributed by atoms with Crippen LogP contribution in [-0.2, 0) is 0 Å². The van der Waals surface area contributed by atoms with Crippen molar-refractivity contribution in [1.82, 2.24) is 24.7 Å². The molecule has 38 heavy (non-hydrogen) atoms. The molecule has 0 bridgehead atoms. The first kappa shape index (κ1) is 33.2. The summed E-state index contributed by atoms with van der Waals surface area (Å²) in [4.78, 5) is 13.4. The summed E-state index contributed by atoms with van der Waals surface area (Å²) in [6.45, 7) is 11.8. The van der Waals surface area contributed by atoms with Gasteiger partial charge in [-0.3, -0.25) is 4.79 Å². The number of rotatable bonds is 7. The first-order valence-corrected chi connectivity index (χ1v) is 14.0. The summed E-state index contributed by atoms with van der Waals surface area (Å²) < 4.78 is 1.41. The number of carbonyl (C=O) groups excluding carboxylic acids is 1. The van der Waals surface area contributed by atoms with Gasteiger partial charge in [0, 0.05) is 16.1 Å². The van der Waals surface area contributed by atoms with Crippen LogP contribution in [0.1, 0.15) is 70.9 Å². The average molecular weight is 559 g/mol. The minimum absolute atomic E-state index is 0.131. The maximum absolute atomic E-state index is 11.2. The van der Waals surface area contributed by atoms with E-state index < -0.39 is 0 Å². The number of aromatic nitrogens is 4. The van der Waals surface area contributed by atoms with Gasteiger partial charge in [0.25, 0.3) is 0 Å². The molecule has 2 heterocycles. The molecule has 0 radical (unpaired) electrons. The van der Waals surface area contributed by atoms with Crippen molar-refractivity contribution < 1.29 is 4.79 Å². The Morgan fingerprint density at radius 1 is 0.868 bits per heavy atom. The van der Waals surface area contributed by atoms with Gasteiger partial charge < -0.3 is 4.90 Å². The normalized spacial score (nSPS) is 10.1. The summed E-state index contributed by atoms with van der Waals surface area (Å²) in [5.74, 6) is 0.131. The molecule has 2 aromatic carbocycles. The van der Waals surface area contributed by atoms with Crippen molar-refractivity contribution in [2.24, 2.45) is 0 Å². The van der Waals surface area contributed by atoms with E-state index in [9.17, 15) is 4.79 Å². The van der Waals surface area contributed by atoms with E-state index in [2.05, 4.69) is 55.1 Å². The van der Waals surface area contributed by atoms with Crippen LogP contribution in [0.15, 0.2) is 54.6 Å². The molecule has 0 unspecified atom stereocenters. The third-order valence-corrected chi connectivity index (χ3v) is 5.77. The van der Waals surface area contributed by atoms with Crippen LogP contribution in [0.2, 0.25) is 10.0 Å². The summed E-state index contributed by atoms with van der Waals surface area (Å²) in [5, 5.41) is 13.6. The summed E-state index contributed by atoms with van der Waals surface area (Å²) in [7, 11) is 4.17. The van der Waals surface area contributed by atoms with Crippen molar-refractivity contribution in [3.8, 4) is 22.4 Å². The highest BCUT2D eigenvalue weighted by molar-refractivity contribution is 6.33. The number of benzene rings is 2. The van der Waals surface area contributed by atoms with E-state index in [0.717, 1.165) is 16.7 Å². The molecular formula is C30H41Cl2N5O. The summed E-state index contributed by atoms with van der Waals surface area (Å²) in [5.41, 5.74) is 3.58. The molecule has 206 valence electrons. The molecule has 0 aliphatic heterocycles. The fourth-order valence-corrected chi connectivity index (χ4v) is 3.78. The highest BCUT2D eigenvalue weighted by Crippen LogP contribution is 2.35. The molecule has 4 aromatic rings. The van der Waals surface area contributed by atoms with Crippen molar-refractivity contribution in [2.75, 3.05) is 20.6 Å². The highest BCUT2D eigenvalue weighted by Gasteiger charge is 2.16. The molecule has 0 saturated carbocycles. The second-order valence-corrected chi connectivity index (χ2v) is 9.34.